The molecule has 0 amide bonds. The number of guanidine groups is 1. The third kappa shape index (κ3) is 3.87. The van der Waals surface area contributed by atoms with Gasteiger partial charge in [-0.05, 0) is 27.2 Å². The van der Waals surface area contributed by atoms with Crippen molar-refractivity contribution in [2.75, 3.05) is 59.2 Å². The number of ether oxygens (including phenoxy) is 2. The molecule has 0 bridgehead atoms. The average molecular weight is 367 g/mol. The van der Waals surface area contributed by atoms with Crippen molar-refractivity contribution in [3.63, 3.8) is 0 Å². The van der Waals surface area contributed by atoms with Crippen molar-refractivity contribution in [2.45, 2.75) is 52.6 Å². The zero-order chi connectivity index (χ0) is 18.8. The number of morpholine rings is 1. The van der Waals surface area contributed by atoms with E-state index >= 15 is 0 Å². The SMILES string of the molecule is CCNC(=NCC(C1CCOC1)N1CCOCC1)N1CC(C)(C)C1(C)C. The first-order valence-electron chi connectivity index (χ1n) is 10.3. The van der Waals surface area contributed by atoms with Gasteiger partial charge in [0.25, 0.3) is 0 Å². The highest BCUT2D eigenvalue weighted by Crippen LogP contribution is 2.46. The molecule has 0 aromatic heterocycles. The summed E-state index contributed by atoms with van der Waals surface area (Å²) < 4.78 is 11.3. The van der Waals surface area contributed by atoms with Gasteiger partial charge in [-0.25, -0.2) is 0 Å². The van der Waals surface area contributed by atoms with E-state index in [9.17, 15) is 0 Å². The molecule has 0 spiro atoms. The van der Waals surface area contributed by atoms with Gasteiger partial charge in [0, 0.05) is 55.7 Å². The first-order chi connectivity index (χ1) is 12.4. The van der Waals surface area contributed by atoms with Crippen molar-refractivity contribution in [2.24, 2.45) is 16.3 Å². The summed E-state index contributed by atoms with van der Waals surface area (Å²) in [5, 5.41) is 3.53. The summed E-state index contributed by atoms with van der Waals surface area (Å²) in [5.74, 6) is 1.65. The van der Waals surface area contributed by atoms with Crippen molar-refractivity contribution in [3.05, 3.63) is 0 Å². The summed E-state index contributed by atoms with van der Waals surface area (Å²) in [6.45, 7) is 19.7. The molecule has 3 rings (SSSR count). The quantitative estimate of drug-likeness (QED) is 0.594. The van der Waals surface area contributed by atoms with Crippen LogP contribution in [0.4, 0.5) is 0 Å². The Morgan fingerprint density at radius 3 is 2.42 bits per heavy atom. The molecule has 0 saturated carbocycles. The smallest absolute Gasteiger partial charge is 0.194 e. The minimum Gasteiger partial charge on any atom is -0.381 e. The maximum absolute atomic E-state index is 5.69. The van der Waals surface area contributed by atoms with Crippen LogP contribution in [0.2, 0.25) is 0 Å². The minimum absolute atomic E-state index is 0.124. The van der Waals surface area contributed by atoms with Crippen molar-refractivity contribution in [1.82, 2.24) is 15.1 Å². The number of hydrogen-bond donors (Lipinski definition) is 1. The van der Waals surface area contributed by atoms with Gasteiger partial charge >= 0.3 is 0 Å². The average Bonchev–Trinajstić information content (AvgIpc) is 3.14. The first-order valence-corrected chi connectivity index (χ1v) is 10.3. The number of hydrogen-bond acceptors (Lipinski definition) is 4. The molecule has 3 aliphatic rings. The molecule has 3 heterocycles. The lowest BCUT2D eigenvalue weighted by atomic mass is 9.65. The van der Waals surface area contributed by atoms with Gasteiger partial charge < -0.3 is 19.7 Å². The Labute approximate surface area is 159 Å². The number of rotatable bonds is 5. The van der Waals surface area contributed by atoms with Crippen LogP contribution in [0.3, 0.4) is 0 Å². The molecule has 0 aromatic carbocycles. The number of aliphatic imine (C=N–C) groups is 1. The van der Waals surface area contributed by atoms with Gasteiger partial charge in [0.1, 0.15) is 0 Å². The van der Waals surface area contributed by atoms with Gasteiger partial charge in [0.2, 0.25) is 0 Å². The topological polar surface area (TPSA) is 49.3 Å². The van der Waals surface area contributed by atoms with Crippen molar-refractivity contribution >= 4 is 5.96 Å². The normalized spacial score (nSPS) is 30.1. The van der Waals surface area contributed by atoms with E-state index in [4.69, 9.17) is 14.5 Å². The van der Waals surface area contributed by atoms with E-state index in [1.165, 1.54) is 0 Å². The van der Waals surface area contributed by atoms with Crippen LogP contribution >= 0.6 is 0 Å². The summed E-state index contributed by atoms with van der Waals surface area (Å²) in [7, 11) is 0. The molecule has 0 radical (unpaired) electrons. The largest absolute Gasteiger partial charge is 0.381 e. The van der Waals surface area contributed by atoms with Gasteiger partial charge in [0.05, 0.1) is 26.4 Å². The van der Waals surface area contributed by atoms with E-state index in [1.807, 2.05) is 0 Å². The first kappa shape index (κ1) is 19.9. The third-order valence-electron chi connectivity index (χ3n) is 6.93. The Morgan fingerprint density at radius 2 is 1.88 bits per heavy atom. The third-order valence-corrected chi connectivity index (χ3v) is 6.93. The van der Waals surface area contributed by atoms with Gasteiger partial charge in [-0.15, -0.1) is 0 Å². The van der Waals surface area contributed by atoms with Crippen molar-refractivity contribution in [3.8, 4) is 0 Å². The van der Waals surface area contributed by atoms with E-state index in [1.54, 1.807) is 0 Å². The molecule has 2 unspecified atom stereocenters. The monoisotopic (exact) mass is 366 g/mol. The fraction of sp³-hybridized carbons (Fsp3) is 0.950. The molecule has 2 atom stereocenters. The van der Waals surface area contributed by atoms with Gasteiger partial charge in [0.15, 0.2) is 5.96 Å². The van der Waals surface area contributed by atoms with Gasteiger partial charge in [-0.2, -0.15) is 0 Å². The fourth-order valence-corrected chi connectivity index (χ4v) is 4.30. The van der Waals surface area contributed by atoms with Crippen LogP contribution < -0.4 is 5.32 Å². The van der Waals surface area contributed by atoms with Crippen LogP contribution in [0.25, 0.3) is 0 Å². The van der Waals surface area contributed by atoms with E-state index in [0.717, 1.165) is 71.5 Å². The summed E-state index contributed by atoms with van der Waals surface area (Å²) in [5.41, 5.74) is 0.436. The Kier molecular flexibility index (Phi) is 6.14. The molecule has 3 fully saturated rings. The maximum Gasteiger partial charge on any atom is 0.194 e. The second-order valence-corrected chi connectivity index (χ2v) is 9.06. The molecule has 0 aliphatic carbocycles. The Bertz CT molecular complexity index is 494. The minimum atomic E-state index is 0.124. The van der Waals surface area contributed by atoms with E-state index in [-0.39, 0.29) is 5.54 Å². The number of nitrogens with zero attached hydrogens (tertiary/aromatic N) is 3. The fourth-order valence-electron chi connectivity index (χ4n) is 4.30. The highest BCUT2D eigenvalue weighted by atomic mass is 16.5. The van der Waals surface area contributed by atoms with E-state index < -0.39 is 0 Å². The number of likely N-dealkylation sites (tertiary alicyclic amines) is 1. The molecule has 6 heteroatoms. The van der Waals surface area contributed by atoms with Gasteiger partial charge in [-0.1, -0.05) is 13.8 Å². The molecule has 3 aliphatic heterocycles. The Hall–Kier alpha value is -0.850. The Balaban J connectivity index is 1.73. The summed E-state index contributed by atoms with van der Waals surface area (Å²) in [4.78, 5) is 10.1. The van der Waals surface area contributed by atoms with Crippen LogP contribution in [0.5, 0.6) is 0 Å². The van der Waals surface area contributed by atoms with Gasteiger partial charge in [-0.3, -0.25) is 9.89 Å². The molecule has 1 N–H and O–H groups in total. The van der Waals surface area contributed by atoms with Crippen LogP contribution in [0.15, 0.2) is 4.99 Å². The lowest BCUT2D eigenvalue weighted by Crippen LogP contribution is -2.72. The molecule has 150 valence electrons. The summed E-state index contributed by atoms with van der Waals surface area (Å²) >= 11 is 0. The van der Waals surface area contributed by atoms with Crippen LogP contribution in [-0.2, 0) is 9.47 Å². The van der Waals surface area contributed by atoms with E-state index in [2.05, 4.69) is 49.7 Å². The standard InChI is InChI=1S/C20H38N4O2/c1-6-21-18(24-15-19(2,3)20(24,4)5)22-13-17(16-7-10-26-14-16)23-8-11-25-12-9-23/h16-17H,6-15H2,1-5H3,(H,21,22). The highest BCUT2D eigenvalue weighted by molar-refractivity contribution is 5.82. The van der Waals surface area contributed by atoms with Crippen molar-refractivity contribution in [1.29, 1.82) is 0 Å². The van der Waals surface area contributed by atoms with Crippen LogP contribution in [0.1, 0.15) is 41.0 Å². The molecule has 6 nitrogen and oxygen atoms in total. The van der Waals surface area contributed by atoms with E-state index in [0.29, 0.717) is 17.4 Å². The van der Waals surface area contributed by atoms with Crippen LogP contribution in [0, 0.1) is 11.3 Å². The molecule has 0 aromatic rings. The Morgan fingerprint density at radius 1 is 1.15 bits per heavy atom. The predicted molar refractivity (Wildman–Crippen MR) is 106 cm³/mol. The van der Waals surface area contributed by atoms with Crippen LogP contribution in [-0.4, -0.2) is 86.5 Å². The number of nitrogens with one attached hydrogen (secondary N) is 1. The second-order valence-electron chi connectivity index (χ2n) is 9.06. The molecule has 3 saturated heterocycles. The predicted octanol–water partition coefficient (Wildman–Crippen LogP) is 1.81. The molecule has 26 heavy (non-hydrogen) atoms. The zero-order valence-corrected chi connectivity index (χ0v) is 17.4. The maximum atomic E-state index is 5.69. The summed E-state index contributed by atoms with van der Waals surface area (Å²) in [6.07, 6.45) is 1.15. The zero-order valence-electron chi connectivity index (χ0n) is 17.4. The molecular weight excluding hydrogens is 328 g/mol. The molecular formula is C20H38N4O2. The lowest BCUT2D eigenvalue weighted by Gasteiger charge is -2.62. The summed E-state index contributed by atoms with van der Waals surface area (Å²) in [6, 6.07) is 0.451. The highest BCUT2D eigenvalue weighted by Gasteiger charge is 2.53. The lowest BCUT2D eigenvalue weighted by molar-refractivity contribution is -0.0669. The van der Waals surface area contributed by atoms with Crippen molar-refractivity contribution < 1.29 is 9.47 Å². The second kappa shape index (κ2) is 8.03.